The number of thiophene rings is 1. The van der Waals surface area contributed by atoms with Crippen molar-refractivity contribution in [3.05, 3.63) is 212 Å². The summed E-state index contributed by atoms with van der Waals surface area (Å²) in [6.07, 6.45) is 0. The van der Waals surface area contributed by atoms with Crippen LogP contribution in [0, 0.1) is 0 Å². The van der Waals surface area contributed by atoms with Crippen molar-refractivity contribution in [2.75, 3.05) is 0 Å². The van der Waals surface area contributed by atoms with Gasteiger partial charge in [-0.15, -0.1) is 11.3 Å². The van der Waals surface area contributed by atoms with Crippen LogP contribution in [0.5, 0.6) is 0 Å². The molecule has 0 fully saturated rings. The van der Waals surface area contributed by atoms with E-state index >= 15 is 0 Å². The zero-order valence-electron chi connectivity index (χ0n) is 31.6. The van der Waals surface area contributed by atoms with Gasteiger partial charge in [0.2, 0.25) is 0 Å². The molecule has 0 unspecified atom stereocenters. The molecule has 0 aliphatic carbocycles. The summed E-state index contributed by atoms with van der Waals surface area (Å²) in [5.41, 5.74) is 13.5. The van der Waals surface area contributed by atoms with E-state index in [2.05, 4.69) is 217 Å². The summed E-state index contributed by atoms with van der Waals surface area (Å²) in [5, 5.41) is 10.2. The molecular formula is C56H35NS. The predicted octanol–water partition coefficient (Wildman–Crippen LogP) is 16.1. The highest BCUT2D eigenvalue weighted by Crippen LogP contribution is 2.45. The molecule has 0 saturated carbocycles. The van der Waals surface area contributed by atoms with Crippen LogP contribution in [0.25, 0.3) is 114 Å². The van der Waals surface area contributed by atoms with Crippen LogP contribution in [0.1, 0.15) is 0 Å². The molecule has 270 valence electrons. The van der Waals surface area contributed by atoms with Crippen LogP contribution >= 0.6 is 11.3 Å². The van der Waals surface area contributed by atoms with Crippen molar-refractivity contribution in [2.45, 2.75) is 0 Å². The lowest BCUT2D eigenvalue weighted by atomic mass is 9.86. The number of para-hydroxylation sites is 1. The number of rotatable bonds is 5. The molecule has 0 bridgehead atoms. The molecule has 0 atom stereocenters. The molecule has 58 heavy (non-hydrogen) atoms. The Morgan fingerprint density at radius 2 is 0.655 bits per heavy atom. The Hall–Kier alpha value is -7.26. The monoisotopic (exact) mass is 753 g/mol. The largest absolute Gasteiger partial charge is 0.309 e. The number of nitrogens with zero attached hydrogens (tertiary/aromatic N) is 1. The zero-order valence-corrected chi connectivity index (χ0v) is 32.4. The summed E-state index contributed by atoms with van der Waals surface area (Å²) in [6.45, 7) is 0. The first kappa shape index (κ1) is 32.9. The van der Waals surface area contributed by atoms with Crippen molar-refractivity contribution in [1.82, 2.24) is 4.57 Å². The molecule has 12 rings (SSSR count). The normalized spacial score (nSPS) is 11.8. The lowest BCUT2D eigenvalue weighted by Gasteiger charge is -2.18. The van der Waals surface area contributed by atoms with E-state index in [1.54, 1.807) is 0 Å². The predicted molar refractivity (Wildman–Crippen MR) is 250 cm³/mol. The van der Waals surface area contributed by atoms with Crippen molar-refractivity contribution in [2.24, 2.45) is 0 Å². The average Bonchev–Trinajstić information content (AvgIpc) is 3.83. The molecule has 2 heterocycles. The lowest BCUT2D eigenvalue weighted by molar-refractivity contribution is 1.18. The van der Waals surface area contributed by atoms with Crippen molar-refractivity contribution in [1.29, 1.82) is 0 Å². The highest BCUT2D eigenvalue weighted by molar-refractivity contribution is 7.25. The standard InChI is InChI=1S/C56H35NS/c1-3-13-36(14-4-1)39-26-31-53-49(34-39)50-35-41(27-32-54(50)58-53)40-25-30-52-48(33-40)43-17-11-12-22-51(43)57(52)42-28-23-38(24-29-42)56-46-20-9-7-18-44(46)55(37-15-5-2-6-16-37)45-19-8-10-21-47(45)56/h1-35H. The molecule has 2 aromatic heterocycles. The average molecular weight is 754 g/mol. The highest BCUT2D eigenvalue weighted by Gasteiger charge is 2.18. The third-order valence-corrected chi connectivity index (χ3v) is 13.1. The molecule has 10 aromatic carbocycles. The van der Waals surface area contributed by atoms with Gasteiger partial charge in [0.05, 0.1) is 11.0 Å². The Bertz CT molecular complexity index is 3480. The van der Waals surface area contributed by atoms with Gasteiger partial charge in [0.15, 0.2) is 0 Å². The van der Waals surface area contributed by atoms with Crippen LogP contribution in [-0.4, -0.2) is 4.57 Å². The topological polar surface area (TPSA) is 4.93 Å². The minimum Gasteiger partial charge on any atom is -0.309 e. The molecule has 12 aromatic rings. The van der Waals surface area contributed by atoms with Crippen LogP contribution in [0.3, 0.4) is 0 Å². The fourth-order valence-corrected chi connectivity index (χ4v) is 10.4. The molecule has 0 radical (unpaired) electrons. The van der Waals surface area contributed by atoms with Gasteiger partial charge in [-0.3, -0.25) is 0 Å². The summed E-state index contributed by atoms with van der Waals surface area (Å²) < 4.78 is 5.06. The van der Waals surface area contributed by atoms with E-state index in [0.717, 1.165) is 5.69 Å². The van der Waals surface area contributed by atoms with Gasteiger partial charge in [0.1, 0.15) is 0 Å². The number of hydrogen-bond donors (Lipinski definition) is 0. The van der Waals surface area contributed by atoms with Crippen LogP contribution in [0.2, 0.25) is 0 Å². The minimum atomic E-state index is 1.15. The summed E-state index contributed by atoms with van der Waals surface area (Å²) >= 11 is 1.87. The second-order valence-corrected chi connectivity index (χ2v) is 16.3. The van der Waals surface area contributed by atoms with Gasteiger partial charge in [-0.25, -0.2) is 0 Å². The smallest absolute Gasteiger partial charge is 0.0541 e. The van der Waals surface area contributed by atoms with Gasteiger partial charge in [-0.2, -0.15) is 0 Å². The molecule has 1 nitrogen and oxygen atoms in total. The van der Waals surface area contributed by atoms with E-state index < -0.39 is 0 Å². The van der Waals surface area contributed by atoms with Crippen molar-refractivity contribution in [3.8, 4) is 50.2 Å². The molecule has 2 heteroatoms. The maximum atomic E-state index is 2.42. The van der Waals surface area contributed by atoms with E-state index in [1.165, 1.54) is 108 Å². The molecular weight excluding hydrogens is 719 g/mol. The molecule has 0 amide bonds. The summed E-state index contributed by atoms with van der Waals surface area (Å²) in [5.74, 6) is 0. The first-order valence-corrected chi connectivity index (χ1v) is 20.7. The summed E-state index contributed by atoms with van der Waals surface area (Å²) in [7, 11) is 0. The Morgan fingerprint density at radius 1 is 0.259 bits per heavy atom. The minimum absolute atomic E-state index is 1.15. The van der Waals surface area contributed by atoms with E-state index in [-0.39, 0.29) is 0 Å². The van der Waals surface area contributed by atoms with Gasteiger partial charge >= 0.3 is 0 Å². The lowest BCUT2D eigenvalue weighted by Crippen LogP contribution is -1.94. The third-order valence-electron chi connectivity index (χ3n) is 12.0. The molecule has 0 N–H and O–H groups in total. The fraction of sp³-hybridized carbons (Fsp3) is 0. The fourth-order valence-electron chi connectivity index (χ4n) is 9.33. The molecule has 0 saturated heterocycles. The highest BCUT2D eigenvalue weighted by atomic mass is 32.1. The van der Waals surface area contributed by atoms with Gasteiger partial charge in [0, 0.05) is 36.6 Å². The van der Waals surface area contributed by atoms with Gasteiger partial charge in [0.25, 0.3) is 0 Å². The zero-order chi connectivity index (χ0) is 38.2. The Kier molecular flexibility index (Phi) is 7.47. The van der Waals surface area contributed by atoms with Crippen LogP contribution < -0.4 is 0 Å². The van der Waals surface area contributed by atoms with Crippen LogP contribution in [-0.2, 0) is 0 Å². The van der Waals surface area contributed by atoms with E-state index in [4.69, 9.17) is 0 Å². The van der Waals surface area contributed by atoms with E-state index in [1.807, 2.05) is 11.3 Å². The van der Waals surface area contributed by atoms with Gasteiger partial charge in [-0.05, 0) is 121 Å². The molecule has 0 aliphatic rings. The Labute approximate surface area is 340 Å². The first-order chi connectivity index (χ1) is 28.8. The van der Waals surface area contributed by atoms with E-state index in [9.17, 15) is 0 Å². The molecule has 0 spiro atoms. The first-order valence-electron chi connectivity index (χ1n) is 19.9. The quantitative estimate of drug-likeness (QED) is 0.154. The maximum Gasteiger partial charge on any atom is 0.0541 e. The second kappa shape index (κ2) is 13.2. The van der Waals surface area contributed by atoms with Crippen LogP contribution in [0.4, 0.5) is 0 Å². The van der Waals surface area contributed by atoms with E-state index in [0.29, 0.717) is 0 Å². The maximum absolute atomic E-state index is 2.42. The number of fused-ring (bicyclic) bond motifs is 8. The van der Waals surface area contributed by atoms with Crippen molar-refractivity contribution < 1.29 is 0 Å². The van der Waals surface area contributed by atoms with Crippen LogP contribution in [0.15, 0.2) is 212 Å². The third kappa shape index (κ3) is 5.16. The number of hydrogen-bond acceptors (Lipinski definition) is 1. The SMILES string of the molecule is c1ccc(-c2ccc3sc4ccc(-c5ccc6c(c5)c5ccccc5n6-c5ccc(-c6c7ccccc7c(-c7ccccc7)c7ccccc67)cc5)cc4c3c2)cc1. The number of benzene rings is 10. The number of aromatic nitrogens is 1. The van der Waals surface area contributed by atoms with Crippen molar-refractivity contribution in [3.63, 3.8) is 0 Å². The summed E-state index contributed by atoms with van der Waals surface area (Å²) in [6, 6.07) is 78.1. The Balaban J connectivity index is 0.977. The summed E-state index contributed by atoms with van der Waals surface area (Å²) in [4.78, 5) is 0. The van der Waals surface area contributed by atoms with Gasteiger partial charge in [-0.1, -0.05) is 158 Å². The second-order valence-electron chi connectivity index (χ2n) is 15.2. The molecule has 0 aliphatic heterocycles. The van der Waals surface area contributed by atoms with Crippen molar-refractivity contribution >= 4 is 74.9 Å². The van der Waals surface area contributed by atoms with Gasteiger partial charge < -0.3 is 4.57 Å². The Morgan fingerprint density at radius 3 is 1.22 bits per heavy atom.